The van der Waals surface area contributed by atoms with Crippen LogP contribution in [0.4, 0.5) is 11.6 Å². The Labute approximate surface area is 93.3 Å². The first-order chi connectivity index (χ1) is 7.77. The highest BCUT2D eigenvalue weighted by Crippen LogP contribution is 2.24. The summed E-state index contributed by atoms with van der Waals surface area (Å²) in [7, 11) is 0. The molecule has 0 spiro atoms. The average molecular weight is 241 g/mol. The molecule has 0 aliphatic rings. The number of hydrogen-bond donors (Lipinski definition) is 5. The first-order valence-corrected chi connectivity index (χ1v) is 4.06. The number of aromatic carboxylic acids is 3. The second kappa shape index (κ2) is 3.96. The Bertz CT molecular complexity index is 500. The van der Waals surface area contributed by atoms with E-state index in [9.17, 15) is 14.4 Å². The van der Waals surface area contributed by atoms with E-state index in [2.05, 4.69) is 4.98 Å². The smallest absolute Gasteiger partial charge is 0.340 e. The summed E-state index contributed by atoms with van der Waals surface area (Å²) in [6.07, 6.45) is 0. The molecular weight excluding hydrogens is 234 g/mol. The molecule has 1 aromatic heterocycles. The maximum absolute atomic E-state index is 10.9. The minimum Gasteiger partial charge on any atom is -0.478 e. The minimum atomic E-state index is -1.76. The summed E-state index contributed by atoms with van der Waals surface area (Å²) in [4.78, 5) is 35.8. The van der Waals surface area contributed by atoms with Crippen molar-refractivity contribution in [1.29, 1.82) is 0 Å². The molecule has 90 valence electrons. The molecule has 9 nitrogen and oxygen atoms in total. The summed E-state index contributed by atoms with van der Waals surface area (Å²) in [5.74, 6) is -6.47. The number of nitrogen functional groups attached to an aromatic ring is 2. The largest absolute Gasteiger partial charge is 0.478 e. The molecule has 0 unspecified atom stereocenters. The average Bonchev–Trinajstić information content (AvgIpc) is 2.14. The van der Waals surface area contributed by atoms with Crippen LogP contribution >= 0.6 is 0 Å². The third-order valence-electron chi connectivity index (χ3n) is 1.89. The number of rotatable bonds is 3. The van der Waals surface area contributed by atoms with Crippen LogP contribution in [0.3, 0.4) is 0 Å². The highest BCUT2D eigenvalue weighted by Gasteiger charge is 2.29. The molecule has 0 fully saturated rings. The van der Waals surface area contributed by atoms with Crippen molar-refractivity contribution in [3.05, 3.63) is 16.7 Å². The number of aromatic nitrogens is 1. The fourth-order valence-corrected chi connectivity index (χ4v) is 1.27. The molecule has 1 rings (SSSR count). The van der Waals surface area contributed by atoms with E-state index in [-0.39, 0.29) is 0 Å². The first kappa shape index (κ1) is 12.2. The van der Waals surface area contributed by atoms with Gasteiger partial charge in [0.05, 0.1) is 5.56 Å². The lowest BCUT2D eigenvalue weighted by molar-refractivity contribution is 0.0634. The molecule has 1 aromatic rings. The van der Waals surface area contributed by atoms with Gasteiger partial charge in [0.1, 0.15) is 22.8 Å². The Morgan fingerprint density at radius 3 is 1.29 bits per heavy atom. The second-order valence-corrected chi connectivity index (χ2v) is 2.92. The van der Waals surface area contributed by atoms with E-state index in [1.165, 1.54) is 0 Å². The second-order valence-electron chi connectivity index (χ2n) is 2.92. The van der Waals surface area contributed by atoms with E-state index in [0.29, 0.717) is 0 Å². The monoisotopic (exact) mass is 241 g/mol. The maximum atomic E-state index is 10.9. The number of nitrogens with two attached hydrogens (primary N) is 2. The van der Waals surface area contributed by atoms with Gasteiger partial charge in [0.15, 0.2) is 0 Å². The Morgan fingerprint density at radius 1 is 0.765 bits per heavy atom. The topological polar surface area (TPSA) is 177 Å². The molecule has 0 aliphatic carbocycles. The van der Waals surface area contributed by atoms with Crippen LogP contribution in [0.5, 0.6) is 0 Å². The van der Waals surface area contributed by atoms with Crippen LogP contribution in [0.25, 0.3) is 0 Å². The molecule has 0 atom stereocenters. The molecule has 0 saturated carbocycles. The molecule has 0 amide bonds. The van der Waals surface area contributed by atoms with E-state index in [1.54, 1.807) is 0 Å². The Hall–Kier alpha value is -2.84. The van der Waals surface area contributed by atoms with Crippen molar-refractivity contribution >= 4 is 29.5 Å². The van der Waals surface area contributed by atoms with Crippen molar-refractivity contribution in [2.75, 3.05) is 11.5 Å². The third kappa shape index (κ3) is 1.93. The van der Waals surface area contributed by atoms with E-state index < -0.39 is 46.2 Å². The fraction of sp³-hybridized carbons (Fsp3) is 0. The van der Waals surface area contributed by atoms with Gasteiger partial charge in [0.25, 0.3) is 0 Å². The Morgan fingerprint density at radius 2 is 1.06 bits per heavy atom. The molecule has 0 saturated heterocycles. The number of hydrogen-bond acceptors (Lipinski definition) is 6. The van der Waals surface area contributed by atoms with Crippen molar-refractivity contribution in [3.8, 4) is 0 Å². The highest BCUT2D eigenvalue weighted by atomic mass is 16.4. The van der Waals surface area contributed by atoms with Crippen LogP contribution in [0.1, 0.15) is 31.1 Å². The number of carboxylic acid groups (broad SMARTS) is 3. The number of pyridine rings is 1. The van der Waals surface area contributed by atoms with Crippen molar-refractivity contribution < 1.29 is 29.7 Å². The highest BCUT2D eigenvalue weighted by molar-refractivity contribution is 6.13. The van der Waals surface area contributed by atoms with Crippen LogP contribution < -0.4 is 11.5 Å². The fourth-order valence-electron chi connectivity index (χ4n) is 1.27. The summed E-state index contributed by atoms with van der Waals surface area (Å²) in [5, 5.41) is 26.4. The van der Waals surface area contributed by atoms with Crippen molar-refractivity contribution in [1.82, 2.24) is 4.98 Å². The van der Waals surface area contributed by atoms with E-state index in [1.807, 2.05) is 0 Å². The SMILES string of the molecule is Nc1nc(N)c(C(=O)O)c(C(=O)O)c1C(=O)O. The number of carboxylic acids is 3. The molecule has 0 bridgehead atoms. The van der Waals surface area contributed by atoms with E-state index >= 15 is 0 Å². The first-order valence-electron chi connectivity index (χ1n) is 4.06. The van der Waals surface area contributed by atoms with Gasteiger partial charge in [-0.2, -0.15) is 0 Å². The number of nitrogens with zero attached hydrogens (tertiary/aromatic N) is 1. The number of carbonyl (C=O) groups is 3. The molecule has 17 heavy (non-hydrogen) atoms. The predicted molar refractivity (Wildman–Crippen MR) is 53.9 cm³/mol. The van der Waals surface area contributed by atoms with Crippen LogP contribution in [0.15, 0.2) is 0 Å². The molecule has 7 N–H and O–H groups in total. The van der Waals surface area contributed by atoms with Gasteiger partial charge in [-0.05, 0) is 0 Å². The summed E-state index contributed by atoms with van der Waals surface area (Å²) in [6, 6.07) is 0. The van der Waals surface area contributed by atoms with Gasteiger partial charge >= 0.3 is 17.9 Å². The predicted octanol–water partition coefficient (Wildman–Crippen LogP) is -0.659. The van der Waals surface area contributed by atoms with Gasteiger partial charge in [0.2, 0.25) is 0 Å². The van der Waals surface area contributed by atoms with Gasteiger partial charge in [-0.25, -0.2) is 19.4 Å². The van der Waals surface area contributed by atoms with Crippen LogP contribution in [-0.2, 0) is 0 Å². The molecular formula is C8H7N3O6. The molecule has 0 aromatic carbocycles. The molecule has 9 heteroatoms. The van der Waals surface area contributed by atoms with Crippen molar-refractivity contribution in [2.24, 2.45) is 0 Å². The van der Waals surface area contributed by atoms with Crippen LogP contribution in [0, 0.1) is 0 Å². The van der Waals surface area contributed by atoms with Crippen LogP contribution in [-0.4, -0.2) is 38.2 Å². The quantitative estimate of drug-likeness (QED) is 0.459. The lowest BCUT2D eigenvalue weighted by Gasteiger charge is -2.09. The van der Waals surface area contributed by atoms with Crippen molar-refractivity contribution in [2.45, 2.75) is 0 Å². The third-order valence-corrected chi connectivity index (χ3v) is 1.89. The lowest BCUT2D eigenvalue weighted by atomic mass is 10.0. The zero-order valence-electron chi connectivity index (χ0n) is 8.17. The van der Waals surface area contributed by atoms with Gasteiger partial charge < -0.3 is 26.8 Å². The normalized spacial score (nSPS) is 9.88. The Balaban J connectivity index is 3.85. The summed E-state index contributed by atoms with van der Waals surface area (Å²) < 4.78 is 0. The van der Waals surface area contributed by atoms with Crippen molar-refractivity contribution in [3.63, 3.8) is 0 Å². The molecule has 0 aliphatic heterocycles. The maximum Gasteiger partial charge on any atom is 0.340 e. The van der Waals surface area contributed by atoms with Gasteiger partial charge in [-0.15, -0.1) is 0 Å². The summed E-state index contributed by atoms with van der Waals surface area (Å²) >= 11 is 0. The standard InChI is InChI=1S/C8H7N3O6/c9-4-2(7(14)15)1(6(12)13)3(8(16)17)5(10)11-4/h(H,12,13)(H,14,15)(H,16,17)(H4,9,10,11). The summed E-state index contributed by atoms with van der Waals surface area (Å²) in [6.45, 7) is 0. The number of anilines is 2. The van der Waals surface area contributed by atoms with E-state index in [4.69, 9.17) is 26.8 Å². The minimum absolute atomic E-state index is 0.655. The molecule has 1 heterocycles. The Kier molecular flexibility index (Phi) is 2.85. The lowest BCUT2D eigenvalue weighted by Crippen LogP contribution is -2.20. The molecule has 0 radical (unpaired) electrons. The zero-order valence-corrected chi connectivity index (χ0v) is 8.17. The van der Waals surface area contributed by atoms with Crippen LogP contribution in [0.2, 0.25) is 0 Å². The van der Waals surface area contributed by atoms with Gasteiger partial charge in [-0.3, -0.25) is 0 Å². The summed E-state index contributed by atoms with van der Waals surface area (Å²) in [5.41, 5.74) is 7.61. The van der Waals surface area contributed by atoms with E-state index in [0.717, 1.165) is 0 Å². The zero-order chi connectivity index (χ0) is 13.3. The van der Waals surface area contributed by atoms with Gasteiger partial charge in [-0.1, -0.05) is 0 Å². The van der Waals surface area contributed by atoms with Gasteiger partial charge in [0, 0.05) is 0 Å².